The molecular formula is C21H31N5O3S. The Balaban J connectivity index is 1.86. The van der Waals surface area contributed by atoms with Crippen molar-refractivity contribution in [3.8, 4) is 5.69 Å². The molecule has 0 fully saturated rings. The van der Waals surface area contributed by atoms with Crippen molar-refractivity contribution in [3.63, 3.8) is 0 Å². The van der Waals surface area contributed by atoms with E-state index in [-0.39, 0.29) is 5.91 Å². The Labute approximate surface area is 178 Å². The molecule has 9 heteroatoms. The van der Waals surface area contributed by atoms with Crippen LogP contribution in [0.5, 0.6) is 0 Å². The number of carbonyl (C=O) groups excluding carboxylic acids is 1. The largest absolute Gasteiger partial charge is 0.351 e. The van der Waals surface area contributed by atoms with Crippen molar-refractivity contribution in [2.24, 2.45) is 5.92 Å². The lowest BCUT2D eigenvalue weighted by atomic mass is 9.99. The molecule has 0 spiro atoms. The van der Waals surface area contributed by atoms with Crippen LogP contribution in [-0.2, 0) is 23.0 Å². The summed E-state index contributed by atoms with van der Waals surface area (Å²) in [6.45, 7) is 10.8. The van der Waals surface area contributed by atoms with E-state index >= 15 is 0 Å². The first-order valence-corrected chi connectivity index (χ1v) is 11.9. The fourth-order valence-electron chi connectivity index (χ4n) is 3.60. The summed E-state index contributed by atoms with van der Waals surface area (Å²) in [5.74, 6) is 0.287. The number of nitrogens with zero attached hydrogens (tertiary/aromatic N) is 4. The van der Waals surface area contributed by atoms with Crippen LogP contribution in [0.4, 0.5) is 0 Å². The van der Waals surface area contributed by atoms with Crippen LogP contribution in [0.2, 0.25) is 0 Å². The average molecular weight is 434 g/mol. The van der Waals surface area contributed by atoms with Gasteiger partial charge in [-0.2, -0.15) is 4.31 Å². The number of aromatic nitrogens is 3. The molecule has 1 N–H and O–H groups in total. The predicted octanol–water partition coefficient (Wildman–Crippen LogP) is 2.45. The molecule has 0 atom stereocenters. The Hall–Kier alpha value is -2.26. The quantitative estimate of drug-likeness (QED) is 0.723. The highest BCUT2D eigenvalue weighted by molar-refractivity contribution is 7.89. The van der Waals surface area contributed by atoms with Crippen LogP contribution in [0, 0.1) is 12.8 Å². The molecule has 0 aliphatic carbocycles. The number of benzene rings is 1. The van der Waals surface area contributed by atoms with Gasteiger partial charge >= 0.3 is 0 Å². The molecule has 1 amide bonds. The number of hydrogen-bond acceptors (Lipinski definition) is 5. The van der Waals surface area contributed by atoms with Crippen LogP contribution in [0.25, 0.3) is 5.69 Å². The maximum absolute atomic E-state index is 12.6. The van der Waals surface area contributed by atoms with E-state index in [1.165, 1.54) is 0 Å². The normalized spacial score (nSPS) is 14.9. The Kier molecular flexibility index (Phi) is 6.62. The van der Waals surface area contributed by atoms with Crippen molar-refractivity contribution in [2.75, 3.05) is 13.1 Å². The van der Waals surface area contributed by atoms with Gasteiger partial charge in [-0.3, -0.25) is 4.79 Å². The van der Waals surface area contributed by atoms with Crippen molar-refractivity contribution < 1.29 is 13.2 Å². The molecule has 8 nitrogen and oxygen atoms in total. The Morgan fingerprint density at radius 2 is 1.97 bits per heavy atom. The van der Waals surface area contributed by atoms with E-state index in [2.05, 4.69) is 29.5 Å². The summed E-state index contributed by atoms with van der Waals surface area (Å²) < 4.78 is 28.4. The summed E-state index contributed by atoms with van der Waals surface area (Å²) in [5.41, 5.74) is 3.84. The van der Waals surface area contributed by atoms with E-state index in [9.17, 15) is 13.2 Å². The lowest BCUT2D eigenvalue weighted by Gasteiger charge is -2.30. The minimum Gasteiger partial charge on any atom is -0.351 e. The van der Waals surface area contributed by atoms with Gasteiger partial charge < -0.3 is 5.32 Å². The van der Waals surface area contributed by atoms with Gasteiger partial charge in [-0.1, -0.05) is 31.2 Å². The first-order chi connectivity index (χ1) is 14.1. The number of fused-ring (bicyclic) bond motifs is 1. The summed E-state index contributed by atoms with van der Waals surface area (Å²) in [7, 11) is -3.30. The number of rotatable bonds is 7. The molecule has 0 saturated heterocycles. The predicted molar refractivity (Wildman–Crippen MR) is 116 cm³/mol. The second-order valence-corrected chi connectivity index (χ2v) is 11.0. The monoisotopic (exact) mass is 433 g/mol. The zero-order valence-corrected chi connectivity index (χ0v) is 19.2. The van der Waals surface area contributed by atoms with Gasteiger partial charge in [0.2, 0.25) is 10.0 Å². The van der Waals surface area contributed by atoms with E-state index < -0.39 is 15.3 Å². The van der Waals surface area contributed by atoms with Crippen LogP contribution in [0.15, 0.2) is 18.2 Å². The molecule has 0 unspecified atom stereocenters. The topological polar surface area (TPSA) is 97.2 Å². The number of carbonyl (C=O) groups is 1. The zero-order chi connectivity index (χ0) is 22.1. The van der Waals surface area contributed by atoms with Crippen LogP contribution in [-0.4, -0.2) is 52.0 Å². The average Bonchev–Trinajstić information content (AvgIpc) is 3.07. The van der Waals surface area contributed by atoms with Crippen LogP contribution < -0.4 is 5.32 Å². The van der Waals surface area contributed by atoms with Crippen molar-refractivity contribution in [1.29, 1.82) is 0 Å². The van der Waals surface area contributed by atoms with Gasteiger partial charge in [-0.05, 0) is 56.7 Å². The Morgan fingerprint density at radius 3 is 2.63 bits per heavy atom. The second-order valence-electron chi connectivity index (χ2n) is 8.47. The third-order valence-electron chi connectivity index (χ3n) is 5.51. The third-order valence-corrected chi connectivity index (χ3v) is 7.73. The lowest BCUT2D eigenvalue weighted by Crippen LogP contribution is -2.40. The Morgan fingerprint density at radius 1 is 1.23 bits per heavy atom. The van der Waals surface area contributed by atoms with E-state index in [0.29, 0.717) is 43.4 Å². The maximum atomic E-state index is 12.6. The number of hydrogen-bond donors (Lipinski definition) is 1. The van der Waals surface area contributed by atoms with Crippen molar-refractivity contribution in [3.05, 3.63) is 40.7 Å². The minimum absolute atomic E-state index is 0.224. The van der Waals surface area contributed by atoms with Gasteiger partial charge in [0.15, 0.2) is 5.69 Å². The van der Waals surface area contributed by atoms with E-state index in [1.807, 2.05) is 25.1 Å². The molecule has 0 saturated carbocycles. The molecular weight excluding hydrogens is 402 g/mol. The molecule has 0 radical (unpaired) electrons. The van der Waals surface area contributed by atoms with Crippen molar-refractivity contribution in [1.82, 2.24) is 24.6 Å². The van der Waals surface area contributed by atoms with Crippen LogP contribution >= 0.6 is 0 Å². The highest BCUT2D eigenvalue weighted by atomic mass is 32.2. The highest BCUT2D eigenvalue weighted by Crippen LogP contribution is 2.28. The summed E-state index contributed by atoms with van der Waals surface area (Å²) in [6.07, 6.45) is 1.49. The van der Waals surface area contributed by atoms with Gasteiger partial charge in [0.25, 0.3) is 5.91 Å². The highest BCUT2D eigenvalue weighted by Gasteiger charge is 2.30. The molecule has 0 bridgehead atoms. The standard InChI is InChI=1S/C21H31N5O3S/c1-14(2)9-11-22-21(27)20-16(5)26(24-23-20)19-8-6-7-17-13-25(12-10-18(17)19)30(28,29)15(3)4/h6-8,14-15H,9-13H2,1-5H3,(H,22,27). The molecule has 1 aromatic carbocycles. The second kappa shape index (κ2) is 8.85. The molecule has 3 rings (SSSR count). The third kappa shape index (κ3) is 4.41. The maximum Gasteiger partial charge on any atom is 0.273 e. The molecule has 2 heterocycles. The van der Waals surface area contributed by atoms with Gasteiger partial charge in [0, 0.05) is 19.6 Å². The minimum atomic E-state index is -3.30. The van der Waals surface area contributed by atoms with Gasteiger partial charge in [0.1, 0.15) is 0 Å². The van der Waals surface area contributed by atoms with Crippen molar-refractivity contribution >= 4 is 15.9 Å². The van der Waals surface area contributed by atoms with E-state index in [4.69, 9.17) is 0 Å². The van der Waals surface area contributed by atoms with Crippen LogP contribution in [0.1, 0.15) is 61.4 Å². The van der Waals surface area contributed by atoms with E-state index in [1.54, 1.807) is 22.8 Å². The first kappa shape index (κ1) is 22.4. The summed E-state index contributed by atoms with van der Waals surface area (Å²) in [4.78, 5) is 12.5. The fourth-order valence-corrected chi connectivity index (χ4v) is 4.86. The number of nitrogens with one attached hydrogen (secondary N) is 1. The van der Waals surface area contributed by atoms with Gasteiger partial charge in [0.05, 0.1) is 16.6 Å². The van der Waals surface area contributed by atoms with Gasteiger partial charge in [-0.15, -0.1) is 5.10 Å². The molecule has 1 aromatic heterocycles. The fraction of sp³-hybridized carbons (Fsp3) is 0.571. The van der Waals surface area contributed by atoms with Gasteiger partial charge in [-0.25, -0.2) is 13.1 Å². The molecule has 164 valence electrons. The summed E-state index contributed by atoms with van der Waals surface area (Å²) >= 11 is 0. The van der Waals surface area contributed by atoms with E-state index in [0.717, 1.165) is 23.2 Å². The number of amides is 1. The lowest BCUT2D eigenvalue weighted by molar-refractivity contribution is 0.0946. The molecule has 1 aliphatic heterocycles. The molecule has 30 heavy (non-hydrogen) atoms. The van der Waals surface area contributed by atoms with Crippen molar-refractivity contribution in [2.45, 2.75) is 59.3 Å². The smallest absolute Gasteiger partial charge is 0.273 e. The van der Waals surface area contributed by atoms with Crippen LogP contribution in [0.3, 0.4) is 0 Å². The zero-order valence-electron chi connectivity index (χ0n) is 18.3. The summed E-state index contributed by atoms with van der Waals surface area (Å²) in [5, 5.41) is 10.8. The summed E-state index contributed by atoms with van der Waals surface area (Å²) in [6, 6.07) is 5.78. The number of sulfonamides is 1. The SMILES string of the molecule is Cc1c(C(=O)NCCC(C)C)nnn1-c1cccc2c1CCN(S(=O)(=O)C(C)C)C2. The first-order valence-electron chi connectivity index (χ1n) is 10.4. The molecule has 2 aromatic rings. The Bertz CT molecular complexity index is 1030. The molecule has 1 aliphatic rings.